The molecule has 0 spiro atoms. The fourth-order valence-electron chi connectivity index (χ4n) is 2.45. The minimum absolute atomic E-state index is 0.147. The highest BCUT2D eigenvalue weighted by Crippen LogP contribution is 2.23. The largest absolute Gasteiger partial charge is 0.369 e. The van der Waals surface area contributed by atoms with Gasteiger partial charge in [0.05, 0.1) is 0 Å². The van der Waals surface area contributed by atoms with E-state index in [-0.39, 0.29) is 5.82 Å². The average Bonchev–Trinajstić information content (AvgIpc) is 2.41. The molecule has 0 unspecified atom stereocenters. The van der Waals surface area contributed by atoms with Crippen LogP contribution in [0.3, 0.4) is 0 Å². The first-order chi connectivity index (χ1) is 9.20. The molecule has 1 aliphatic heterocycles. The van der Waals surface area contributed by atoms with Crippen molar-refractivity contribution in [1.82, 2.24) is 10.2 Å². The highest BCUT2D eigenvalue weighted by molar-refractivity contribution is 5.54. The summed E-state index contributed by atoms with van der Waals surface area (Å²) in [5, 5.41) is 3.36. The van der Waals surface area contributed by atoms with E-state index in [2.05, 4.69) is 29.1 Å². The molecule has 0 aliphatic carbocycles. The summed E-state index contributed by atoms with van der Waals surface area (Å²) >= 11 is 0. The van der Waals surface area contributed by atoms with E-state index in [9.17, 15) is 4.39 Å². The second-order valence-electron chi connectivity index (χ2n) is 5.24. The molecule has 1 heterocycles. The van der Waals surface area contributed by atoms with Gasteiger partial charge in [-0.05, 0) is 43.8 Å². The van der Waals surface area contributed by atoms with Gasteiger partial charge in [-0.15, -0.1) is 0 Å². The normalized spacial score (nSPS) is 16.9. The summed E-state index contributed by atoms with van der Waals surface area (Å²) in [7, 11) is 2.14. The van der Waals surface area contributed by atoms with E-state index in [0.29, 0.717) is 0 Å². The number of hydrogen-bond donors (Lipinski definition) is 1. The van der Waals surface area contributed by atoms with Gasteiger partial charge in [0.1, 0.15) is 5.82 Å². The molecule has 19 heavy (non-hydrogen) atoms. The van der Waals surface area contributed by atoms with Gasteiger partial charge >= 0.3 is 0 Å². The van der Waals surface area contributed by atoms with E-state index in [4.69, 9.17) is 0 Å². The Balaban J connectivity index is 2.09. The van der Waals surface area contributed by atoms with Gasteiger partial charge in [0, 0.05) is 38.4 Å². The first-order valence-electron chi connectivity index (χ1n) is 7.13. The van der Waals surface area contributed by atoms with Gasteiger partial charge in [-0.3, -0.25) is 0 Å². The summed E-state index contributed by atoms with van der Waals surface area (Å²) in [6, 6.07) is 5.15. The van der Waals surface area contributed by atoms with Crippen molar-refractivity contribution < 1.29 is 4.39 Å². The Morgan fingerprint density at radius 2 is 1.95 bits per heavy atom. The predicted molar refractivity (Wildman–Crippen MR) is 78.1 cm³/mol. The van der Waals surface area contributed by atoms with Gasteiger partial charge < -0.3 is 15.1 Å². The summed E-state index contributed by atoms with van der Waals surface area (Å²) in [4.78, 5) is 4.69. The molecule has 3 nitrogen and oxygen atoms in total. The molecule has 1 fully saturated rings. The molecule has 0 aromatic heterocycles. The van der Waals surface area contributed by atoms with Crippen molar-refractivity contribution in [2.45, 2.75) is 19.9 Å². The zero-order valence-electron chi connectivity index (χ0n) is 12.0. The molecular weight excluding hydrogens is 241 g/mol. The van der Waals surface area contributed by atoms with Crippen LogP contribution in [0.1, 0.15) is 18.9 Å². The van der Waals surface area contributed by atoms with E-state index >= 15 is 0 Å². The zero-order chi connectivity index (χ0) is 13.7. The van der Waals surface area contributed by atoms with Gasteiger partial charge in [-0.1, -0.05) is 6.92 Å². The molecule has 1 aromatic rings. The lowest BCUT2D eigenvalue weighted by molar-refractivity contribution is 0.312. The van der Waals surface area contributed by atoms with Gasteiger partial charge in [-0.25, -0.2) is 4.39 Å². The van der Waals surface area contributed by atoms with Crippen LogP contribution in [0.25, 0.3) is 0 Å². The predicted octanol–water partition coefficient (Wildman–Crippen LogP) is 2.08. The smallest absolute Gasteiger partial charge is 0.123 e. The maximum Gasteiger partial charge on any atom is 0.123 e. The van der Waals surface area contributed by atoms with Crippen molar-refractivity contribution in [2.24, 2.45) is 0 Å². The first-order valence-corrected chi connectivity index (χ1v) is 7.13. The average molecular weight is 265 g/mol. The number of anilines is 1. The second-order valence-corrected chi connectivity index (χ2v) is 5.24. The molecule has 0 radical (unpaired) electrons. The SMILES string of the molecule is CCCNCc1cc(F)ccc1N1CCN(C)CC1. The van der Waals surface area contributed by atoms with E-state index in [0.717, 1.165) is 51.3 Å². The second kappa shape index (κ2) is 6.87. The molecule has 106 valence electrons. The minimum Gasteiger partial charge on any atom is -0.369 e. The molecular formula is C15H24FN3. The van der Waals surface area contributed by atoms with Crippen molar-refractivity contribution in [3.63, 3.8) is 0 Å². The molecule has 0 saturated carbocycles. The standard InChI is InChI=1S/C15H24FN3/c1-3-6-17-12-13-11-14(16)4-5-15(13)19-9-7-18(2)8-10-19/h4-5,11,17H,3,6-10,12H2,1-2H3. The number of rotatable bonds is 5. The number of likely N-dealkylation sites (N-methyl/N-ethyl adjacent to an activating group) is 1. The highest BCUT2D eigenvalue weighted by atomic mass is 19.1. The Bertz CT molecular complexity index is 400. The summed E-state index contributed by atoms with van der Waals surface area (Å²) in [5.41, 5.74) is 2.25. The van der Waals surface area contributed by atoms with Crippen molar-refractivity contribution in [3.05, 3.63) is 29.6 Å². The Labute approximate surface area is 115 Å². The lowest BCUT2D eigenvalue weighted by Crippen LogP contribution is -2.45. The number of nitrogens with zero attached hydrogens (tertiary/aromatic N) is 2. The number of halogens is 1. The van der Waals surface area contributed by atoms with Crippen molar-refractivity contribution in [3.8, 4) is 0 Å². The van der Waals surface area contributed by atoms with Gasteiger partial charge in [0.15, 0.2) is 0 Å². The monoisotopic (exact) mass is 265 g/mol. The molecule has 0 bridgehead atoms. The summed E-state index contributed by atoms with van der Waals surface area (Å²) in [6.07, 6.45) is 1.10. The summed E-state index contributed by atoms with van der Waals surface area (Å²) < 4.78 is 13.4. The number of piperazine rings is 1. The maximum atomic E-state index is 13.4. The molecule has 2 rings (SSSR count). The van der Waals surface area contributed by atoms with Gasteiger partial charge in [0.25, 0.3) is 0 Å². The van der Waals surface area contributed by atoms with E-state index in [1.807, 2.05) is 6.07 Å². The topological polar surface area (TPSA) is 18.5 Å². The Kier molecular flexibility index (Phi) is 5.16. The van der Waals surface area contributed by atoms with E-state index < -0.39 is 0 Å². The van der Waals surface area contributed by atoms with Crippen LogP contribution in [-0.2, 0) is 6.54 Å². The number of hydrogen-bond acceptors (Lipinski definition) is 3. The lowest BCUT2D eigenvalue weighted by atomic mass is 10.1. The lowest BCUT2D eigenvalue weighted by Gasteiger charge is -2.35. The van der Waals surface area contributed by atoms with Gasteiger partial charge in [0.2, 0.25) is 0 Å². The Morgan fingerprint density at radius 1 is 1.21 bits per heavy atom. The summed E-state index contributed by atoms with van der Waals surface area (Å²) in [6.45, 7) is 8.02. The van der Waals surface area contributed by atoms with Crippen LogP contribution in [0.5, 0.6) is 0 Å². The molecule has 4 heteroatoms. The van der Waals surface area contributed by atoms with Crippen LogP contribution in [0.15, 0.2) is 18.2 Å². The molecule has 1 aliphatic rings. The fraction of sp³-hybridized carbons (Fsp3) is 0.600. The van der Waals surface area contributed by atoms with Crippen LogP contribution in [0.2, 0.25) is 0 Å². The maximum absolute atomic E-state index is 13.4. The zero-order valence-corrected chi connectivity index (χ0v) is 12.0. The minimum atomic E-state index is -0.147. The first kappa shape index (κ1) is 14.3. The van der Waals surface area contributed by atoms with E-state index in [1.165, 1.54) is 5.69 Å². The van der Waals surface area contributed by atoms with Crippen molar-refractivity contribution in [2.75, 3.05) is 44.7 Å². The van der Waals surface area contributed by atoms with Crippen LogP contribution in [0.4, 0.5) is 10.1 Å². The number of benzene rings is 1. The third kappa shape index (κ3) is 3.91. The van der Waals surface area contributed by atoms with E-state index in [1.54, 1.807) is 12.1 Å². The Morgan fingerprint density at radius 3 is 2.63 bits per heavy atom. The van der Waals surface area contributed by atoms with Gasteiger partial charge in [-0.2, -0.15) is 0 Å². The highest BCUT2D eigenvalue weighted by Gasteiger charge is 2.17. The van der Waals surface area contributed by atoms with Crippen LogP contribution in [0, 0.1) is 5.82 Å². The van der Waals surface area contributed by atoms with Crippen LogP contribution in [-0.4, -0.2) is 44.7 Å². The molecule has 0 amide bonds. The van der Waals surface area contributed by atoms with Crippen LogP contribution >= 0.6 is 0 Å². The van der Waals surface area contributed by atoms with Crippen molar-refractivity contribution in [1.29, 1.82) is 0 Å². The molecule has 0 atom stereocenters. The fourth-order valence-corrected chi connectivity index (χ4v) is 2.45. The quantitative estimate of drug-likeness (QED) is 0.822. The number of nitrogens with one attached hydrogen (secondary N) is 1. The van der Waals surface area contributed by atoms with Crippen molar-refractivity contribution >= 4 is 5.69 Å². The molecule has 1 N–H and O–H groups in total. The summed E-state index contributed by atoms with van der Waals surface area (Å²) in [5.74, 6) is -0.147. The van der Waals surface area contributed by atoms with Crippen LogP contribution < -0.4 is 10.2 Å². The molecule has 1 saturated heterocycles. The Hall–Kier alpha value is -1.13. The molecule has 1 aromatic carbocycles. The third-order valence-electron chi connectivity index (χ3n) is 3.63. The third-order valence-corrected chi connectivity index (χ3v) is 3.63.